The van der Waals surface area contributed by atoms with Crippen molar-refractivity contribution >= 4 is 0 Å². The number of rotatable bonds is 6. The van der Waals surface area contributed by atoms with Gasteiger partial charge < -0.3 is 9.84 Å². The van der Waals surface area contributed by atoms with Gasteiger partial charge in [0.1, 0.15) is 11.6 Å². The third-order valence-electron chi connectivity index (χ3n) is 5.58. The molecule has 0 bridgehead atoms. The van der Waals surface area contributed by atoms with Crippen LogP contribution in [0.25, 0.3) is 16.9 Å². The molecule has 1 fully saturated rings. The van der Waals surface area contributed by atoms with Crippen molar-refractivity contribution in [2.45, 2.75) is 19.4 Å². The van der Waals surface area contributed by atoms with E-state index in [-0.39, 0.29) is 12.4 Å². The molecule has 0 radical (unpaired) electrons. The van der Waals surface area contributed by atoms with E-state index in [1.807, 2.05) is 41.2 Å². The van der Waals surface area contributed by atoms with Crippen molar-refractivity contribution in [2.24, 2.45) is 5.92 Å². The molecule has 0 spiro atoms. The van der Waals surface area contributed by atoms with Crippen LogP contribution in [0.3, 0.4) is 0 Å². The zero-order valence-electron chi connectivity index (χ0n) is 16.6. The van der Waals surface area contributed by atoms with Crippen LogP contribution in [-0.2, 0) is 6.54 Å². The summed E-state index contributed by atoms with van der Waals surface area (Å²) in [6.07, 6.45) is 4.02. The van der Waals surface area contributed by atoms with Crippen molar-refractivity contribution in [2.75, 3.05) is 26.8 Å². The summed E-state index contributed by atoms with van der Waals surface area (Å²) in [6, 6.07) is 14.3. The number of piperidine rings is 1. The number of aliphatic hydroxyl groups is 1. The van der Waals surface area contributed by atoms with E-state index in [1.165, 1.54) is 12.1 Å². The van der Waals surface area contributed by atoms with Gasteiger partial charge in [0.25, 0.3) is 0 Å². The average Bonchev–Trinajstić information content (AvgIpc) is 3.18. The zero-order valence-corrected chi connectivity index (χ0v) is 16.6. The number of nitrogens with zero attached hydrogens (tertiary/aromatic N) is 3. The first-order chi connectivity index (χ1) is 14.2. The van der Waals surface area contributed by atoms with Crippen molar-refractivity contribution in [3.63, 3.8) is 0 Å². The first kappa shape index (κ1) is 19.6. The number of hydrogen-bond acceptors (Lipinski definition) is 4. The van der Waals surface area contributed by atoms with Gasteiger partial charge in [-0.3, -0.25) is 4.90 Å². The Hall–Kier alpha value is -2.70. The highest BCUT2D eigenvalue weighted by molar-refractivity contribution is 5.63. The molecular weight excluding hydrogens is 369 g/mol. The van der Waals surface area contributed by atoms with Crippen LogP contribution in [0.5, 0.6) is 5.75 Å². The number of methoxy groups -OCH3 is 1. The van der Waals surface area contributed by atoms with Gasteiger partial charge in [-0.2, -0.15) is 5.10 Å². The standard InChI is InChI=1S/C23H26FN3O2/c1-29-22-7-5-21(6-8-22)27-15-19(14-26-11-9-17(16-28)10-12-26)23(25-27)18-3-2-4-20(24)13-18/h2-8,13,15,17,28H,9-12,14,16H2,1H3. The van der Waals surface area contributed by atoms with E-state index in [9.17, 15) is 9.50 Å². The molecule has 0 saturated carbocycles. The van der Waals surface area contributed by atoms with Gasteiger partial charge in [0, 0.05) is 30.5 Å². The zero-order chi connectivity index (χ0) is 20.2. The highest BCUT2D eigenvalue weighted by Crippen LogP contribution is 2.27. The summed E-state index contributed by atoms with van der Waals surface area (Å²) < 4.78 is 20.9. The number of hydrogen-bond donors (Lipinski definition) is 1. The molecule has 2 aromatic carbocycles. The maximum atomic E-state index is 13.9. The van der Waals surface area contributed by atoms with E-state index in [0.717, 1.165) is 60.7 Å². The summed E-state index contributed by atoms with van der Waals surface area (Å²) in [5.74, 6) is 0.922. The van der Waals surface area contributed by atoms with Crippen LogP contribution in [0, 0.1) is 11.7 Å². The van der Waals surface area contributed by atoms with Crippen LogP contribution in [0.4, 0.5) is 4.39 Å². The van der Waals surface area contributed by atoms with Gasteiger partial charge in [0.05, 0.1) is 18.5 Å². The fraction of sp³-hybridized carbons (Fsp3) is 0.348. The van der Waals surface area contributed by atoms with E-state index in [2.05, 4.69) is 4.90 Å². The fourth-order valence-corrected chi connectivity index (χ4v) is 3.84. The highest BCUT2D eigenvalue weighted by atomic mass is 19.1. The molecule has 1 N–H and O–H groups in total. The summed E-state index contributed by atoms with van der Waals surface area (Å²) >= 11 is 0. The minimum Gasteiger partial charge on any atom is -0.497 e. The Bertz CT molecular complexity index is 947. The number of likely N-dealkylation sites (tertiary alicyclic amines) is 1. The molecule has 3 aromatic rings. The van der Waals surface area contributed by atoms with Gasteiger partial charge >= 0.3 is 0 Å². The highest BCUT2D eigenvalue weighted by Gasteiger charge is 2.21. The average molecular weight is 395 g/mol. The fourth-order valence-electron chi connectivity index (χ4n) is 3.84. The summed E-state index contributed by atoms with van der Waals surface area (Å²) in [4.78, 5) is 2.38. The Labute approximate surface area is 170 Å². The minimum absolute atomic E-state index is 0.262. The van der Waals surface area contributed by atoms with Crippen molar-refractivity contribution in [3.05, 3.63) is 66.1 Å². The third-order valence-corrected chi connectivity index (χ3v) is 5.58. The molecule has 1 aliphatic rings. The predicted octanol–water partition coefficient (Wildman–Crippen LogP) is 3.89. The number of halogens is 1. The maximum Gasteiger partial charge on any atom is 0.123 e. The maximum absolute atomic E-state index is 13.9. The van der Waals surface area contributed by atoms with E-state index in [0.29, 0.717) is 5.92 Å². The van der Waals surface area contributed by atoms with Gasteiger partial charge in [0.15, 0.2) is 0 Å². The van der Waals surface area contributed by atoms with Gasteiger partial charge in [-0.25, -0.2) is 9.07 Å². The Morgan fingerprint density at radius 2 is 1.90 bits per heavy atom. The van der Waals surface area contributed by atoms with Crippen molar-refractivity contribution in [3.8, 4) is 22.7 Å². The SMILES string of the molecule is COc1ccc(-n2cc(CN3CCC(CO)CC3)c(-c3cccc(F)c3)n2)cc1. The van der Waals surface area contributed by atoms with Crippen molar-refractivity contribution < 1.29 is 14.2 Å². The first-order valence-electron chi connectivity index (χ1n) is 9.98. The van der Waals surface area contributed by atoms with Gasteiger partial charge in [0.2, 0.25) is 0 Å². The topological polar surface area (TPSA) is 50.5 Å². The van der Waals surface area contributed by atoms with Crippen molar-refractivity contribution in [1.82, 2.24) is 14.7 Å². The predicted molar refractivity (Wildman–Crippen MR) is 111 cm³/mol. The Morgan fingerprint density at radius 3 is 2.55 bits per heavy atom. The largest absolute Gasteiger partial charge is 0.497 e. The van der Waals surface area contributed by atoms with Crippen LogP contribution in [0.15, 0.2) is 54.7 Å². The van der Waals surface area contributed by atoms with E-state index in [4.69, 9.17) is 9.84 Å². The molecule has 29 heavy (non-hydrogen) atoms. The second-order valence-electron chi connectivity index (χ2n) is 7.56. The molecule has 0 aliphatic carbocycles. The molecule has 152 valence electrons. The number of aromatic nitrogens is 2. The quantitative estimate of drug-likeness (QED) is 0.688. The van der Waals surface area contributed by atoms with Gasteiger partial charge in [-0.05, 0) is 68.2 Å². The molecule has 4 rings (SSSR count). The molecule has 6 heteroatoms. The summed E-state index contributed by atoms with van der Waals surface area (Å²) in [5, 5.41) is 14.2. The Morgan fingerprint density at radius 1 is 1.14 bits per heavy atom. The van der Waals surface area contributed by atoms with E-state index >= 15 is 0 Å². The summed E-state index contributed by atoms with van der Waals surface area (Å²) in [6.45, 7) is 2.90. The minimum atomic E-state index is -0.267. The smallest absolute Gasteiger partial charge is 0.123 e. The lowest BCUT2D eigenvalue weighted by Crippen LogP contribution is -2.34. The normalized spacial score (nSPS) is 15.6. The number of benzene rings is 2. The second-order valence-corrected chi connectivity index (χ2v) is 7.56. The van der Waals surface area contributed by atoms with Crippen LogP contribution in [-0.4, -0.2) is 46.6 Å². The Balaban J connectivity index is 1.65. The van der Waals surface area contributed by atoms with E-state index < -0.39 is 0 Å². The molecule has 5 nitrogen and oxygen atoms in total. The summed E-state index contributed by atoms with van der Waals surface area (Å²) in [5.41, 5.74) is 3.56. The lowest BCUT2D eigenvalue weighted by molar-refractivity contribution is 0.127. The van der Waals surface area contributed by atoms with Crippen molar-refractivity contribution in [1.29, 1.82) is 0 Å². The van der Waals surface area contributed by atoms with Crippen LogP contribution >= 0.6 is 0 Å². The molecule has 0 unspecified atom stereocenters. The molecule has 2 heterocycles. The molecule has 0 atom stereocenters. The van der Waals surface area contributed by atoms with Crippen LogP contribution < -0.4 is 4.74 Å². The number of ether oxygens (including phenoxy) is 1. The molecule has 1 saturated heterocycles. The van der Waals surface area contributed by atoms with E-state index in [1.54, 1.807) is 13.2 Å². The number of aliphatic hydroxyl groups excluding tert-OH is 1. The van der Waals surface area contributed by atoms with Gasteiger partial charge in [-0.1, -0.05) is 12.1 Å². The van der Waals surface area contributed by atoms with Crippen LogP contribution in [0.1, 0.15) is 18.4 Å². The molecular formula is C23H26FN3O2. The Kier molecular flexibility index (Phi) is 5.92. The summed E-state index contributed by atoms with van der Waals surface area (Å²) in [7, 11) is 1.64. The molecule has 1 aliphatic heterocycles. The molecule has 1 aromatic heterocycles. The molecule has 0 amide bonds. The lowest BCUT2D eigenvalue weighted by Gasteiger charge is -2.30. The monoisotopic (exact) mass is 395 g/mol. The first-order valence-corrected chi connectivity index (χ1v) is 9.98. The van der Waals surface area contributed by atoms with Crippen LogP contribution in [0.2, 0.25) is 0 Å². The van der Waals surface area contributed by atoms with Gasteiger partial charge in [-0.15, -0.1) is 0 Å². The second kappa shape index (κ2) is 8.76. The third kappa shape index (κ3) is 4.49. The lowest BCUT2D eigenvalue weighted by atomic mass is 9.97.